The quantitative estimate of drug-likeness (QED) is 0.818. The minimum atomic E-state index is -0.879. The highest BCUT2D eigenvalue weighted by Crippen LogP contribution is 2.30. The highest BCUT2D eigenvalue weighted by Gasteiger charge is 2.35. The maximum absolute atomic E-state index is 12.1. The zero-order chi connectivity index (χ0) is 13.8. The molecule has 1 fully saturated rings. The van der Waals surface area contributed by atoms with Crippen LogP contribution in [0.5, 0.6) is 0 Å². The van der Waals surface area contributed by atoms with Crippen LogP contribution in [0.25, 0.3) is 0 Å². The number of nitrogens with one attached hydrogen (secondary N) is 1. The Hall–Kier alpha value is -1.92. The number of hydrogen-bond acceptors (Lipinski definition) is 4. The zero-order valence-corrected chi connectivity index (χ0v) is 10.9. The van der Waals surface area contributed by atoms with Crippen molar-refractivity contribution in [2.75, 3.05) is 0 Å². The van der Waals surface area contributed by atoms with E-state index in [4.69, 9.17) is 5.11 Å². The zero-order valence-electron chi connectivity index (χ0n) is 10.9. The van der Waals surface area contributed by atoms with E-state index in [1.54, 1.807) is 18.1 Å². The van der Waals surface area contributed by atoms with Crippen molar-refractivity contribution in [1.29, 1.82) is 0 Å². The van der Waals surface area contributed by atoms with E-state index >= 15 is 0 Å². The third-order valence-electron chi connectivity index (χ3n) is 3.49. The predicted molar refractivity (Wildman–Crippen MR) is 65.9 cm³/mol. The van der Waals surface area contributed by atoms with Crippen LogP contribution in [0.4, 0.5) is 0 Å². The first-order valence-electron chi connectivity index (χ1n) is 6.43. The summed E-state index contributed by atoms with van der Waals surface area (Å²) in [6.07, 6.45) is 4.56. The highest BCUT2D eigenvalue weighted by atomic mass is 16.4. The van der Waals surface area contributed by atoms with E-state index in [0.717, 1.165) is 12.8 Å². The van der Waals surface area contributed by atoms with E-state index in [9.17, 15) is 9.59 Å². The molecule has 104 valence electrons. The van der Waals surface area contributed by atoms with Crippen molar-refractivity contribution in [3.63, 3.8) is 0 Å². The van der Waals surface area contributed by atoms with Crippen molar-refractivity contribution < 1.29 is 14.7 Å². The average molecular weight is 266 g/mol. The highest BCUT2D eigenvalue weighted by molar-refractivity contribution is 5.84. The van der Waals surface area contributed by atoms with E-state index < -0.39 is 17.8 Å². The molecule has 0 spiro atoms. The molecular weight excluding hydrogens is 248 g/mol. The fourth-order valence-electron chi connectivity index (χ4n) is 2.50. The van der Waals surface area contributed by atoms with Gasteiger partial charge in [0.25, 0.3) is 0 Å². The molecule has 2 atom stereocenters. The fourth-order valence-corrected chi connectivity index (χ4v) is 2.50. The average Bonchev–Trinajstić information content (AvgIpc) is 2.81. The lowest BCUT2D eigenvalue weighted by Crippen LogP contribution is -2.39. The molecule has 2 unspecified atom stereocenters. The summed E-state index contributed by atoms with van der Waals surface area (Å²) in [5.41, 5.74) is 0. The van der Waals surface area contributed by atoms with Crippen LogP contribution in [-0.2, 0) is 23.2 Å². The van der Waals surface area contributed by atoms with Crippen LogP contribution in [0.2, 0.25) is 0 Å². The normalized spacial score (nSPS) is 23.0. The second-order valence-electron chi connectivity index (χ2n) is 4.89. The largest absolute Gasteiger partial charge is 0.481 e. The van der Waals surface area contributed by atoms with Crippen molar-refractivity contribution in [3.05, 3.63) is 12.2 Å². The molecule has 0 saturated heterocycles. The van der Waals surface area contributed by atoms with Gasteiger partial charge in [-0.1, -0.05) is 12.8 Å². The van der Waals surface area contributed by atoms with Gasteiger partial charge in [-0.2, -0.15) is 5.10 Å². The monoisotopic (exact) mass is 266 g/mol. The number of rotatable bonds is 4. The predicted octanol–water partition coefficient (Wildman–Crippen LogP) is 0.322. The first kappa shape index (κ1) is 13.5. The number of aromatic nitrogens is 3. The van der Waals surface area contributed by atoms with Gasteiger partial charge in [0, 0.05) is 7.05 Å². The summed E-state index contributed by atoms with van der Waals surface area (Å²) in [7, 11) is 1.75. The second kappa shape index (κ2) is 5.81. The van der Waals surface area contributed by atoms with E-state index in [1.165, 1.54) is 0 Å². The summed E-state index contributed by atoms with van der Waals surface area (Å²) in [6.45, 7) is 0.239. The first-order valence-corrected chi connectivity index (χ1v) is 6.43. The number of carbonyl (C=O) groups is 2. The van der Waals surface area contributed by atoms with E-state index in [2.05, 4.69) is 15.4 Å². The molecule has 1 aliphatic carbocycles. The number of aliphatic carboxylic acids is 1. The van der Waals surface area contributed by atoms with Crippen molar-refractivity contribution in [2.45, 2.75) is 32.2 Å². The Morgan fingerprint density at radius 3 is 2.68 bits per heavy atom. The van der Waals surface area contributed by atoms with Gasteiger partial charge in [-0.3, -0.25) is 14.3 Å². The number of carboxylic acid groups (broad SMARTS) is 1. The SMILES string of the molecule is Cn1cnc(CNC(=O)C2CCCCC2C(=O)O)n1. The Morgan fingerprint density at radius 2 is 2.11 bits per heavy atom. The topological polar surface area (TPSA) is 97.1 Å². The number of aryl methyl sites for hydroxylation is 1. The minimum absolute atomic E-state index is 0.209. The van der Waals surface area contributed by atoms with E-state index in [-0.39, 0.29) is 12.5 Å². The number of hydrogen-bond donors (Lipinski definition) is 2. The lowest BCUT2D eigenvalue weighted by atomic mass is 9.79. The molecule has 7 nitrogen and oxygen atoms in total. The molecule has 0 aliphatic heterocycles. The molecule has 1 heterocycles. The van der Waals surface area contributed by atoms with Crippen LogP contribution in [-0.4, -0.2) is 31.7 Å². The number of carbonyl (C=O) groups excluding carboxylic acids is 1. The van der Waals surface area contributed by atoms with Gasteiger partial charge in [0.2, 0.25) is 5.91 Å². The van der Waals surface area contributed by atoms with Crippen LogP contribution in [0, 0.1) is 11.8 Å². The maximum Gasteiger partial charge on any atom is 0.307 e. The second-order valence-corrected chi connectivity index (χ2v) is 4.89. The standard InChI is InChI=1S/C12H18N4O3/c1-16-7-14-10(15-16)6-13-11(17)8-4-2-3-5-9(8)12(18)19/h7-9H,2-6H2,1H3,(H,13,17)(H,18,19). The molecule has 2 N–H and O–H groups in total. The van der Waals surface area contributed by atoms with Crippen LogP contribution in [0.15, 0.2) is 6.33 Å². The Balaban J connectivity index is 1.92. The van der Waals surface area contributed by atoms with E-state index in [0.29, 0.717) is 18.7 Å². The summed E-state index contributed by atoms with van der Waals surface area (Å²) >= 11 is 0. The lowest BCUT2D eigenvalue weighted by molar-refractivity contribution is -0.148. The molecule has 1 saturated carbocycles. The van der Waals surface area contributed by atoms with Crippen molar-refractivity contribution >= 4 is 11.9 Å². The Kier molecular flexibility index (Phi) is 4.13. The molecular formula is C12H18N4O3. The van der Waals surface area contributed by atoms with Crippen molar-refractivity contribution in [2.24, 2.45) is 18.9 Å². The summed E-state index contributed by atoms with van der Waals surface area (Å²) in [6, 6.07) is 0. The van der Waals surface area contributed by atoms with Gasteiger partial charge in [0.1, 0.15) is 6.33 Å². The van der Waals surface area contributed by atoms with Gasteiger partial charge in [-0.25, -0.2) is 4.98 Å². The van der Waals surface area contributed by atoms with Gasteiger partial charge in [-0.05, 0) is 12.8 Å². The maximum atomic E-state index is 12.1. The minimum Gasteiger partial charge on any atom is -0.481 e. The molecule has 19 heavy (non-hydrogen) atoms. The first-order chi connectivity index (χ1) is 9.08. The molecule has 1 amide bonds. The summed E-state index contributed by atoms with van der Waals surface area (Å²) in [5.74, 6) is -1.56. The number of amides is 1. The lowest BCUT2D eigenvalue weighted by Gasteiger charge is -2.27. The van der Waals surface area contributed by atoms with Crippen molar-refractivity contribution in [3.8, 4) is 0 Å². The molecule has 2 rings (SSSR count). The molecule has 0 radical (unpaired) electrons. The van der Waals surface area contributed by atoms with Crippen LogP contribution < -0.4 is 5.32 Å². The smallest absolute Gasteiger partial charge is 0.307 e. The van der Waals surface area contributed by atoms with Gasteiger partial charge < -0.3 is 10.4 Å². The van der Waals surface area contributed by atoms with E-state index in [1.807, 2.05) is 0 Å². The van der Waals surface area contributed by atoms with Crippen molar-refractivity contribution in [1.82, 2.24) is 20.1 Å². The Labute approximate surface area is 111 Å². The van der Waals surface area contributed by atoms with Crippen LogP contribution >= 0.6 is 0 Å². The van der Waals surface area contributed by atoms with Gasteiger partial charge in [-0.15, -0.1) is 0 Å². The third-order valence-corrected chi connectivity index (χ3v) is 3.49. The van der Waals surface area contributed by atoms with Crippen LogP contribution in [0.3, 0.4) is 0 Å². The number of carboxylic acids is 1. The Morgan fingerprint density at radius 1 is 1.42 bits per heavy atom. The van der Waals surface area contributed by atoms with Gasteiger partial charge >= 0.3 is 5.97 Å². The molecule has 1 aromatic rings. The fraction of sp³-hybridized carbons (Fsp3) is 0.667. The number of nitrogens with zero attached hydrogens (tertiary/aromatic N) is 3. The van der Waals surface area contributed by atoms with Gasteiger partial charge in [0.05, 0.1) is 18.4 Å². The molecule has 7 heteroatoms. The summed E-state index contributed by atoms with van der Waals surface area (Å²) < 4.78 is 1.56. The van der Waals surface area contributed by atoms with Gasteiger partial charge in [0.15, 0.2) is 5.82 Å². The molecule has 1 aliphatic rings. The molecule has 0 bridgehead atoms. The molecule has 1 aromatic heterocycles. The van der Waals surface area contributed by atoms with Crippen LogP contribution in [0.1, 0.15) is 31.5 Å². The summed E-state index contributed by atoms with van der Waals surface area (Å²) in [4.78, 5) is 27.2. The Bertz CT molecular complexity index is 471. The third kappa shape index (κ3) is 3.30. The molecule has 0 aromatic carbocycles. The summed E-state index contributed by atoms with van der Waals surface area (Å²) in [5, 5.41) is 15.9.